The highest BCUT2D eigenvalue weighted by Crippen LogP contribution is 2.22. The first-order valence-electron chi connectivity index (χ1n) is 5.54. The summed E-state index contributed by atoms with van der Waals surface area (Å²) in [4.78, 5) is 0. The van der Waals surface area contributed by atoms with Crippen molar-refractivity contribution >= 4 is 5.69 Å². The van der Waals surface area contributed by atoms with Gasteiger partial charge in [0.05, 0.1) is 0 Å². The third-order valence-electron chi connectivity index (χ3n) is 2.66. The van der Waals surface area contributed by atoms with Crippen LogP contribution in [0.25, 0.3) is 0 Å². The maximum absolute atomic E-state index is 13.7. The van der Waals surface area contributed by atoms with Crippen LogP contribution < -0.4 is 5.32 Å². The van der Waals surface area contributed by atoms with Crippen LogP contribution in [0.5, 0.6) is 5.75 Å². The standard InChI is InChI=1S/C14H13F2NO/c1-9-5-6-12(15)14(13(9)16)17-8-10-3-2-4-11(18)7-10/h2-7,17-18H,8H2,1H3. The monoisotopic (exact) mass is 249 g/mol. The van der Waals surface area contributed by atoms with Crippen molar-refractivity contribution in [3.05, 3.63) is 59.2 Å². The normalized spacial score (nSPS) is 10.4. The zero-order valence-corrected chi connectivity index (χ0v) is 9.87. The summed E-state index contributed by atoms with van der Waals surface area (Å²) in [6.07, 6.45) is 0. The van der Waals surface area contributed by atoms with Crippen LogP contribution in [0.15, 0.2) is 36.4 Å². The second kappa shape index (κ2) is 5.04. The van der Waals surface area contributed by atoms with Crippen molar-refractivity contribution in [3.63, 3.8) is 0 Å². The molecule has 0 unspecified atom stereocenters. The molecule has 2 N–H and O–H groups in total. The van der Waals surface area contributed by atoms with E-state index in [0.29, 0.717) is 5.56 Å². The SMILES string of the molecule is Cc1ccc(F)c(NCc2cccc(O)c2)c1F. The van der Waals surface area contributed by atoms with Crippen molar-refractivity contribution in [2.75, 3.05) is 5.32 Å². The summed E-state index contributed by atoms with van der Waals surface area (Å²) in [5.41, 5.74) is 0.989. The molecule has 0 radical (unpaired) electrons. The summed E-state index contributed by atoms with van der Waals surface area (Å²) >= 11 is 0. The summed E-state index contributed by atoms with van der Waals surface area (Å²) < 4.78 is 27.2. The molecule has 2 rings (SSSR count). The Hall–Kier alpha value is -2.10. The van der Waals surface area contributed by atoms with Crippen LogP contribution in [0, 0.1) is 18.6 Å². The lowest BCUT2D eigenvalue weighted by Crippen LogP contribution is -2.04. The summed E-state index contributed by atoms with van der Waals surface area (Å²) in [6.45, 7) is 1.82. The average molecular weight is 249 g/mol. The summed E-state index contributed by atoms with van der Waals surface area (Å²) in [6, 6.07) is 9.14. The number of hydrogen-bond acceptors (Lipinski definition) is 2. The quantitative estimate of drug-likeness (QED) is 0.871. The number of phenols is 1. The predicted octanol–water partition coefficient (Wildman–Crippen LogP) is 3.59. The number of hydrogen-bond donors (Lipinski definition) is 2. The molecule has 0 aliphatic carbocycles. The molecule has 0 saturated heterocycles. The van der Waals surface area contributed by atoms with Gasteiger partial charge >= 0.3 is 0 Å². The van der Waals surface area contributed by atoms with Gasteiger partial charge in [0.25, 0.3) is 0 Å². The maximum atomic E-state index is 13.7. The van der Waals surface area contributed by atoms with Crippen LogP contribution in [0.2, 0.25) is 0 Å². The van der Waals surface area contributed by atoms with Gasteiger partial charge in [0.15, 0.2) is 5.82 Å². The van der Waals surface area contributed by atoms with Crippen molar-refractivity contribution in [1.82, 2.24) is 0 Å². The molecule has 0 amide bonds. The minimum atomic E-state index is -0.627. The van der Waals surface area contributed by atoms with Crippen molar-refractivity contribution in [1.29, 1.82) is 0 Å². The molecule has 0 aliphatic rings. The molecule has 2 nitrogen and oxygen atoms in total. The topological polar surface area (TPSA) is 32.3 Å². The van der Waals surface area contributed by atoms with E-state index in [1.165, 1.54) is 18.2 Å². The van der Waals surface area contributed by atoms with Gasteiger partial charge < -0.3 is 10.4 Å². The van der Waals surface area contributed by atoms with Gasteiger partial charge in [0, 0.05) is 6.54 Å². The van der Waals surface area contributed by atoms with Crippen molar-refractivity contribution in [3.8, 4) is 5.75 Å². The first-order valence-corrected chi connectivity index (χ1v) is 5.54. The third-order valence-corrected chi connectivity index (χ3v) is 2.66. The highest BCUT2D eigenvalue weighted by molar-refractivity contribution is 5.49. The smallest absolute Gasteiger partial charge is 0.152 e. The molecule has 0 spiro atoms. The van der Waals surface area contributed by atoms with Crippen molar-refractivity contribution < 1.29 is 13.9 Å². The van der Waals surface area contributed by atoms with E-state index in [1.54, 1.807) is 25.1 Å². The van der Waals surface area contributed by atoms with Crippen LogP contribution >= 0.6 is 0 Å². The minimum Gasteiger partial charge on any atom is -0.508 e. The molecular weight excluding hydrogens is 236 g/mol. The van der Waals surface area contributed by atoms with Crippen LogP contribution in [-0.4, -0.2) is 5.11 Å². The van der Waals surface area contributed by atoms with Crippen LogP contribution in [0.3, 0.4) is 0 Å². The van der Waals surface area contributed by atoms with E-state index in [4.69, 9.17) is 0 Å². The lowest BCUT2D eigenvalue weighted by atomic mass is 10.1. The molecule has 0 saturated carbocycles. The Kier molecular flexibility index (Phi) is 3.46. The van der Waals surface area contributed by atoms with Gasteiger partial charge in [0.1, 0.15) is 17.3 Å². The minimum absolute atomic E-state index is 0.125. The van der Waals surface area contributed by atoms with E-state index >= 15 is 0 Å². The highest BCUT2D eigenvalue weighted by atomic mass is 19.1. The van der Waals surface area contributed by atoms with E-state index < -0.39 is 11.6 Å². The van der Waals surface area contributed by atoms with Gasteiger partial charge in [-0.1, -0.05) is 18.2 Å². The number of rotatable bonds is 3. The fourth-order valence-corrected chi connectivity index (χ4v) is 1.68. The number of halogens is 2. The lowest BCUT2D eigenvalue weighted by molar-refractivity contribution is 0.474. The molecule has 2 aromatic rings. The number of anilines is 1. The van der Waals surface area contributed by atoms with E-state index in [2.05, 4.69) is 5.32 Å². The highest BCUT2D eigenvalue weighted by Gasteiger charge is 2.10. The fourth-order valence-electron chi connectivity index (χ4n) is 1.68. The Bertz CT molecular complexity index is 570. The molecule has 18 heavy (non-hydrogen) atoms. The van der Waals surface area contributed by atoms with E-state index in [-0.39, 0.29) is 18.0 Å². The Morgan fingerprint density at radius 3 is 2.67 bits per heavy atom. The van der Waals surface area contributed by atoms with E-state index in [0.717, 1.165) is 5.56 Å². The second-order valence-corrected chi connectivity index (χ2v) is 4.08. The summed E-state index contributed by atoms with van der Waals surface area (Å²) in [5.74, 6) is -1.09. The lowest BCUT2D eigenvalue weighted by Gasteiger charge is -2.10. The van der Waals surface area contributed by atoms with Crippen LogP contribution in [0.4, 0.5) is 14.5 Å². The van der Waals surface area contributed by atoms with Crippen molar-refractivity contribution in [2.45, 2.75) is 13.5 Å². The fraction of sp³-hybridized carbons (Fsp3) is 0.143. The van der Waals surface area contributed by atoms with E-state index in [9.17, 15) is 13.9 Å². The van der Waals surface area contributed by atoms with Crippen LogP contribution in [-0.2, 0) is 6.54 Å². The number of aromatic hydroxyl groups is 1. The van der Waals surface area contributed by atoms with Gasteiger partial charge in [-0.05, 0) is 36.2 Å². The Balaban J connectivity index is 2.18. The molecule has 0 atom stereocenters. The number of benzene rings is 2. The molecule has 0 fully saturated rings. The van der Waals surface area contributed by atoms with Gasteiger partial charge in [-0.3, -0.25) is 0 Å². The predicted molar refractivity (Wildman–Crippen MR) is 66.5 cm³/mol. The molecule has 94 valence electrons. The Morgan fingerprint density at radius 2 is 1.94 bits per heavy atom. The number of phenolic OH excluding ortho intramolecular Hbond substituents is 1. The second-order valence-electron chi connectivity index (χ2n) is 4.08. The van der Waals surface area contributed by atoms with Gasteiger partial charge in [-0.15, -0.1) is 0 Å². The summed E-state index contributed by atoms with van der Waals surface area (Å²) in [5, 5.41) is 12.0. The van der Waals surface area contributed by atoms with Gasteiger partial charge in [0.2, 0.25) is 0 Å². The zero-order chi connectivity index (χ0) is 13.1. The van der Waals surface area contributed by atoms with Gasteiger partial charge in [-0.25, -0.2) is 8.78 Å². The Morgan fingerprint density at radius 1 is 1.17 bits per heavy atom. The van der Waals surface area contributed by atoms with Gasteiger partial charge in [-0.2, -0.15) is 0 Å². The zero-order valence-electron chi connectivity index (χ0n) is 9.87. The molecule has 0 bridgehead atoms. The summed E-state index contributed by atoms with van der Waals surface area (Å²) in [7, 11) is 0. The molecule has 0 aromatic heterocycles. The third kappa shape index (κ3) is 2.59. The number of aryl methyl sites for hydroxylation is 1. The van der Waals surface area contributed by atoms with Crippen LogP contribution in [0.1, 0.15) is 11.1 Å². The van der Waals surface area contributed by atoms with Crippen molar-refractivity contribution in [2.24, 2.45) is 0 Å². The molecule has 0 heterocycles. The van der Waals surface area contributed by atoms with E-state index in [1.807, 2.05) is 0 Å². The molecule has 2 aromatic carbocycles. The maximum Gasteiger partial charge on any atom is 0.152 e. The molecule has 0 aliphatic heterocycles. The molecule has 4 heteroatoms. The average Bonchev–Trinajstić information content (AvgIpc) is 2.34. The number of nitrogens with one attached hydrogen (secondary N) is 1. The largest absolute Gasteiger partial charge is 0.508 e. The first-order chi connectivity index (χ1) is 8.58. The molecular formula is C14H13F2NO. The Labute approximate surface area is 104 Å². The first kappa shape index (κ1) is 12.4.